The number of aliphatic imine (C=N–C) groups is 1. The maximum atomic E-state index is 9.81. The first-order valence-corrected chi connectivity index (χ1v) is 7.95. The number of nitrogens with zero attached hydrogens (tertiary/aromatic N) is 1. The van der Waals surface area contributed by atoms with E-state index in [9.17, 15) is 5.11 Å². The minimum absolute atomic E-state index is 0. The van der Waals surface area contributed by atoms with Crippen molar-refractivity contribution in [3.8, 4) is 0 Å². The molecule has 0 rings (SSSR count). The van der Waals surface area contributed by atoms with E-state index in [0.717, 1.165) is 38.7 Å². The Morgan fingerprint density at radius 1 is 1.14 bits per heavy atom. The summed E-state index contributed by atoms with van der Waals surface area (Å²) in [5, 5.41) is 16.2. The van der Waals surface area contributed by atoms with Gasteiger partial charge in [-0.3, -0.25) is 4.99 Å². The first-order chi connectivity index (χ1) is 10.1. The molecule has 1 atom stereocenters. The maximum absolute atomic E-state index is 9.81. The fraction of sp³-hybridized carbons (Fsp3) is 0.933. The zero-order valence-corrected chi connectivity index (χ0v) is 16.8. The Balaban J connectivity index is 0. The van der Waals surface area contributed by atoms with Gasteiger partial charge in [-0.2, -0.15) is 0 Å². The van der Waals surface area contributed by atoms with Gasteiger partial charge in [0, 0.05) is 32.9 Å². The van der Waals surface area contributed by atoms with Crippen molar-refractivity contribution in [1.29, 1.82) is 0 Å². The molecule has 0 fully saturated rings. The van der Waals surface area contributed by atoms with Crippen molar-refractivity contribution in [2.75, 3.05) is 46.1 Å². The van der Waals surface area contributed by atoms with Crippen LogP contribution in [0.3, 0.4) is 0 Å². The monoisotopic (exact) mass is 431 g/mol. The van der Waals surface area contributed by atoms with Crippen LogP contribution in [-0.2, 0) is 9.47 Å². The van der Waals surface area contributed by atoms with E-state index in [4.69, 9.17) is 9.47 Å². The quantitative estimate of drug-likeness (QED) is 0.190. The van der Waals surface area contributed by atoms with Crippen molar-refractivity contribution in [1.82, 2.24) is 10.6 Å². The molecule has 0 saturated heterocycles. The second-order valence-corrected chi connectivity index (χ2v) is 5.28. The van der Waals surface area contributed by atoms with Gasteiger partial charge in [0.2, 0.25) is 0 Å². The smallest absolute Gasteiger partial charge is 0.191 e. The molecule has 0 aromatic rings. The standard InChI is InChI=1S/C15H33N3O3.HI/c1-5-16-15(17-8-7-9-20-6-2)18-10-14(19)12-21-11-13(3)4;/h13-14,19H,5-12H2,1-4H3,(H2,16,17,18);1H. The Bertz CT molecular complexity index is 266. The lowest BCUT2D eigenvalue weighted by Crippen LogP contribution is -2.39. The molecule has 134 valence electrons. The molecular weight excluding hydrogens is 397 g/mol. The van der Waals surface area contributed by atoms with Gasteiger partial charge in [0.1, 0.15) is 0 Å². The molecule has 0 aliphatic carbocycles. The van der Waals surface area contributed by atoms with Crippen LogP contribution in [0, 0.1) is 5.92 Å². The van der Waals surface area contributed by atoms with Gasteiger partial charge >= 0.3 is 0 Å². The van der Waals surface area contributed by atoms with Crippen molar-refractivity contribution >= 4 is 29.9 Å². The Kier molecular flexibility index (Phi) is 18.9. The van der Waals surface area contributed by atoms with Crippen LogP contribution in [0.1, 0.15) is 34.1 Å². The van der Waals surface area contributed by atoms with Crippen molar-refractivity contribution in [2.24, 2.45) is 10.9 Å². The van der Waals surface area contributed by atoms with Gasteiger partial charge in [-0.1, -0.05) is 13.8 Å². The molecule has 7 heteroatoms. The predicted octanol–water partition coefficient (Wildman–Crippen LogP) is 1.62. The number of hydrogen-bond acceptors (Lipinski definition) is 4. The van der Waals surface area contributed by atoms with E-state index >= 15 is 0 Å². The number of aliphatic hydroxyl groups is 1. The fourth-order valence-electron chi connectivity index (χ4n) is 1.56. The topological polar surface area (TPSA) is 75.1 Å². The van der Waals surface area contributed by atoms with Crippen molar-refractivity contribution in [3.05, 3.63) is 0 Å². The number of hydrogen-bond donors (Lipinski definition) is 3. The van der Waals surface area contributed by atoms with Gasteiger partial charge in [0.25, 0.3) is 0 Å². The van der Waals surface area contributed by atoms with Crippen molar-refractivity contribution < 1.29 is 14.6 Å². The summed E-state index contributed by atoms with van der Waals surface area (Å²) < 4.78 is 10.7. The van der Waals surface area contributed by atoms with Gasteiger partial charge in [-0.15, -0.1) is 24.0 Å². The predicted molar refractivity (Wildman–Crippen MR) is 102 cm³/mol. The largest absolute Gasteiger partial charge is 0.389 e. The third-order valence-electron chi connectivity index (χ3n) is 2.53. The third kappa shape index (κ3) is 16.3. The van der Waals surface area contributed by atoms with E-state index in [0.29, 0.717) is 25.7 Å². The fourth-order valence-corrected chi connectivity index (χ4v) is 1.56. The number of guanidine groups is 1. The normalized spacial score (nSPS) is 12.9. The van der Waals surface area contributed by atoms with Gasteiger partial charge in [-0.05, 0) is 26.2 Å². The third-order valence-corrected chi connectivity index (χ3v) is 2.53. The van der Waals surface area contributed by atoms with E-state index in [1.54, 1.807) is 0 Å². The van der Waals surface area contributed by atoms with Crippen molar-refractivity contribution in [2.45, 2.75) is 40.2 Å². The highest BCUT2D eigenvalue weighted by atomic mass is 127. The molecule has 0 spiro atoms. The summed E-state index contributed by atoms with van der Waals surface area (Å²) in [4.78, 5) is 4.35. The van der Waals surface area contributed by atoms with Crippen LogP contribution >= 0.6 is 24.0 Å². The van der Waals surface area contributed by atoms with Crippen LogP contribution in [0.15, 0.2) is 4.99 Å². The van der Waals surface area contributed by atoms with Gasteiger partial charge in [0.05, 0.1) is 19.3 Å². The number of nitrogens with one attached hydrogen (secondary N) is 2. The van der Waals surface area contributed by atoms with Crippen LogP contribution in [0.25, 0.3) is 0 Å². The summed E-state index contributed by atoms with van der Waals surface area (Å²) in [6.45, 7) is 12.6. The Morgan fingerprint density at radius 3 is 2.45 bits per heavy atom. The Morgan fingerprint density at radius 2 is 1.86 bits per heavy atom. The second kappa shape index (κ2) is 17.2. The minimum atomic E-state index is -0.567. The van der Waals surface area contributed by atoms with E-state index in [1.165, 1.54) is 0 Å². The summed E-state index contributed by atoms with van der Waals surface area (Å²) in [6.07, 6.45) is 0.362. The molecule has 22 heavy (non-hydrogen) atoms. The molecule has 0 aromatic carbocycles. The van der Waals surface area contributed by atoms with E-state index < -0.39 is 6.10 Å². The lowest BCUT2D eigenvalue weighted by molar-refractivity contribution is 0.0301. The molecule has 0 heterocycles. The van der Waals surface area contributed by atoms with Crippen LogP contribution in [0.5, 0.6) is 0 Å². The molecule has 0 aromatic heterocycles. The molecule has 0 amide bonds. The molecule has 0 aliphatic rings. The molecule has 6 nitrogen and oxygen atoms in total. The first-order valence-electron chi connectivity index (χ1n) is 7.95. The molecular formula is C15H34IN3O3. The van der Waals surface area contributed by atoms with Gasteiger partial charge in [-0.25, -0.2) is 0 Å². The summed E-state index contributed by atoms with van der Waals surface area (Å²) in [5.41, 5.74) is 0. The van der Waals surface area contributed by atoms with Crippen LogP contribution in [0.4, 0.5) is 0 Å². The lowest BCUT2D eigenvalue weighted by atomic mass is 10.2. The SMILES string of the molecule is CCNC(=NCC(O)COCC(C)C)NCCCOCC.I. The molecule has 0 saturated carbocycles. The van der Waals surface area contributed by atoms with E-state index in [-0.39, 0.29) is 24.0 Å². The average molecular weight is 431 g/mol. The number of aliphatic hydroxyl groups excluding tert-OH is 1. The molecule has 3 N–H and O–H groups in total. The lowest BCUT2D eigenvalue weighted by Gasteiger charge is -2.14. The minimum Gasteiger partial charge on any atom is -0.389 e. The van der Waals surface area contributed by atoms with Gasteiger partial charge in [0.15, 0.2) is 5.96 Å². The van der Waals surface area contributed by atoms with Gasteiger partial charge < -0.3 is 25.2 Å². The average Bonchev–Trinajstić information content (AvgIpc) is 2.44. The highest BCUT2D eigenvalue weighted by molar-refractivity contribution is 14.0. The van der Waals surface area contributed by atoms with Crippen LogP contribution < -0.4 is 10.6 Å². The van der Waals surface area contributed by atoms with Crippen LogP contribution in [0.2, 0.25) is 0 Å². The summed E-state index contributed by atoms with van der Waals surface area (Å²) >= 11 is 0. The Hall–Kier alpha value is -0.120. The highest BCUT2D eigenvalue weighted by Crippen LogP contribution is 1.94. The number of halogens is 1. The zero-order valence-electron chi connectivity index (χ0n) is 14.4. The van der Waals surface area contributed by atoms with E-state index in [2.05, 4.69) is 29.5 Å². The first kappa shape index (κ1) is 24.1. The number of ether oxygens (including phenoxy) is 2. The van der Waals surface area contributed by atoms with E-state index in [1.807, 2.05) is 13.8 Å². The second-order valence-electron chi connectivity index (χ2n) is 5.28. The summed E-state index contributed by atoms with van der Waals surface area (Å²) in [5.74, 6) is 1.20. The molecule has 0 bridgehead atoms. The zero-order chi connectivity index (χ0) is 15.9. The summed E-state index contributed by atoms with van der Waals surface area (Å²) in [7, 11) is 0. The summed E-state index contributed by atoms with van der Waals surface area (Å²) in [6, 6.07) is 0. The van der Waals surface area contributed by atoms with Crippen molar-refractivity contribution in [3.63, 3.8) is 0 Å². The molecule has 1 unspecified atom stereocenters. The van der Waals surface area contributed by atoms with Crippen LogP contribution in [-0.4, -0.2) is 63.2 Å². The number of rotatable bonds is 12. The molecule has 0 aliphatic heterocycles. The maximum Gasteiger partial charge on any atom is 0.191 e. The molecule has 0 radical (unpaired) electrons. The Labute approximate surface area is 152 Å². The highest BCUT2D eigenvalue weighted by Gasteiger charge is 2.05.